The first kappa shape index (κ1) is 19.8. The summed E-state index contributed by atoms with van der Waals surface area (Å²) in [6.45, 7) is 5.34. The van der Waals surface area contributed by atoms with Crippen LogP contribution < -0.4 is 15.2 Å². The zero-order chi connectivity index (χ0) is 21.3. The number of aromatic nitrogens is 4. The van der Waals surface area contributed by atoms with E-state index in [4.69, 9.17) is 9.72 Å². The third kappa shape index (κ3) is 3.80. The topological polar surface area (TPSA) is 90.2 Å². The Bertz CT molecular complexity index is 1140. The molecule has 8 heteroatoms. The number of hydrogen-bond donors (Lipinski definition) is 0. The second kappa shape index (κ2) is 7.70. The Kier molecular flexibility index (Phi) is 5.07. The van der Waals surface area contributed by atoms with Gasteiger partial charge in [-0.05, 0) is 18.2 Å². The van der Waals surface area contributed by atoms with Gasteiger partial charge in [0.05, 0.1) is 30.6 Å². The molecule has 0 radical (unpaired) electrons. The molecule has 0 atom stereocenters. The van der Waals surface area contributed by atoms with Crippen LogP contribution in [0.2, 0.25) is 0 Å². The minimum absolute atomic E-state index is 0.0868. The lowest BCUT2D eigenvalue weighted by Crippen LogP contribution is -2.49. The van der Waals surface area contributed by atoms with E-state index in [0.717, 1.165) is 0 Å². The van der Waals surface area contributed by atoms with Crippen LogP contribution in [-0.4, -0.2) is 45.5 Å². The zero-order valence-electron chi connectivity index (χ0n) is 17.2. The number of carbonyl (C=O) groups is 1. The molecule has 0 unspecified atom stereocenters. The monoisotopic (exact) mass is 405 g/mol. The van der Waals surface area contributed by atoms with Crippen molar-refractivity contribution in [2.45, 2.75) is 20.4 Å². The van der Waals surface area contributed by atoms with Crippen LogP contribution in [0.4, 0.5) is 5.95 Å². The molecule has 0 fully saturated rings. The van der Waals surface area contributed by atoms with E-state index in [1.807, 2.05) is 11.0 Å². The fourth-order valence-corrected chi connectivity index (χ4v) is 3.78. The molecule has 0 N–H and O–H groups in total. The Morgan fingerprint density at radius 1 is 1.17 bits per heavy atom. The number of rotatable bonds is 5. The van der Waals surface area contributed by atoms with Crippen molar-refractivity contribution in [3.8, 4) is 17.1 Å². The van der Waals surface area contributed by atoms with Gasteiger partial charge in [-0.3, -0.25) is 14.2 Å². The molecule has 0 bridgehead atoms. The predicted molar refractivity (Wildman–Crippen MR) is 113 cm³/mol. The largest absolute Gasteiger partial charge is 0.496 e. The van der Waals surface area contributed by atoms with Gasteiger partial charge in [-0.25, -0.2) is 15.0 Å². The van der Waals surface area contributed by atoms with Crippen molar-refractivity contribution < 1.29 is 9.53 Å². The van der Waals surface area contributed by atoms with Gasteiger partial charge >= 0.3 is 0 Å². The van der Waals surface area contributed by atoms with Crippen LogP contribution in [0.1, 0.15) is 24.2 Å². The van der Waals surface area contributed by atoms with E-state index in [9.17, 15) is 9.59 Å². The van der Waals surface area contributed by atoms with Crippen molar-refractivity contribution in [1.82, 2.24) is 19.5 Å². The summed E-state index contributed by atoms with van der Waals surface area (Å²) in [5.74, 6) is 0.899. The number of benzene rings is 1. The third-order valence-electron chi connectivity index (χ3n) is 5.06. The van der Waals surface area contributed by atoms with Crippen molar-refractivity contribution in [2.75, 3.05) is 25.1 Å². The molecule has 3 heterocycles. The highest BCUT2D eigenvalue weighted by Crippen LogP contribution is 2.30. The van der Waals surface area contributed by atoms with Gasteiger partial charge in [-0.2, -0.15) is 0 Å². The summed E-state index contributed by atoms with van der Waals surface area (Å²) >= 11 is 0. The fourth-order valence-electron chi connectivity index (χ4n) is 3.78. The number of anilines is 1. The van der Waals surface area contributed by atoms with Crippen LogP contribution in [0.25, 0.3) is 11.4 Å². The molecular formula is C22H23N5O3. The maximum Gasteiger partial charge on any atom is 0.255 e. The van der Waals surface area contributed by atoms with Crippen molar-refractivity contribution >= 4 is 11.7 Å². The first-order chi connectivity index (χ1) is 14.4. The van der Waals surface area contributed by atoms with Gasteiger partial charge in [0.15, 0.2) is 5.78 Å². The first-order valence-corrected chi connectivity index (χ1v) is 9.67. The summed E-state index contributed by atoms with van der Waals surface area (Å²) in [6, 6.07) is 10.3. The first-order valence-electron chi connectivity index (χ1n) is 9.67. The number of para-hydroxylation sites is 1. The highest BCUT2D eigenvalue weighted by atomic mass is 16.5. The number of Topliss-reactive ketones (excluding diaryl/α,β-unsaturated/α-hetero) is 1. The third-order valence-corrected chi connectivity index (χ3v) is 5.06. The molecule has 1 aliphatic heterocycles. The van der Waals surface area contributed by atoms with E-state index in [2.05, 4.69) is 23.8 Å². The van der Waals surface area contributed by atoms with Gasteiger partial charge in [0.1, 0.15) is 12.1 Å². The number of hydrogen-bond acceptors (Lipinski definition) is 7. The Labute approximate surface area is 174 Å². The van der Waals surface area contributed by atoms with Gasteiger partial charge in [0.25, 0.3) is 5.56 Å². The molecule has 0 saturated heterocycles. The molecule has 0 amide bonds. The molecule has 1 aliphatic rings. The smallest absolute Gasteiger partial charge is 0.255 e. The van der Waals surface area contributed by atoms with E-state index >= 15 is 0 Å². The number of methoxy groups -OCH3 is 1. The maximum atomic E-state index is 13.1. The Hall–Kier alpha value is -3.55. The highest BCUT2D eigenvalue weighted by molar-refractivity contribution is 6.01. The van der Waals surface area contributed by atoms with Crippen LogP contribution in [0, 0.1) is 5.41 Å². The highest BCUT2D eigenvalue weighted by Gasteiger charge is 2.33. The minimum Gasteiger partial charge on any atom is -0.496 e. The van der Waals surface area contributed by atoms with Gasteiger partial charge in [-0.15, -0.1) is 0 Å². The lowest BCUT2D eigenvalue weighted by atomic mass is 9.90. The van der Waals surface area contributed by atoms with Crippen LogP contribution >= 0.6 is 0 Å². The quantitative estimate of drug-likeness (QED) is 0.602. The summed E-state index contributed by atoms with van der Waals surface area (Å²) in [4.78, 5) is 40.7. The lowest BCUT2D eigenvalue weighted by Gasteiger charge is -2.40. The average Bonchev–Trinajstić information content (AvgIpc) is 2.74. The van der Waals surface area contributed by atoms with Crippen molar-refractivity contribution in [3.63, 3.8) is 0 Å². The zero-order valence-corrected chi connectivity index (χ0v) is 17.2. The van der Waals surface area contributed by atoms with Crippen LogP contribution in [0.15, 0.2) is 53.7 Å². The Morgan fingerprint density at radius 2 is 1.97 bits per heavy atom. The van der Waals surface area contributed by atoms with Gasteiger partial charge in [0, 0.05) is 30.8 Å². The Balaban J connectivity index is 1.75. The summed E-state index contributed by atoms with van der Waals surface area (Å²) in [6.07, 6.45) is 3.02. The van der Waals surface area contributed by atoms with Crippen molar-refractivity contribution in [3.05, 3.63) is 64.8 Å². The number of ketones is 1. The van der Waals surface area contributed by atoms with E-state index in [-0.39, 0.29) is 23.3 Å². The summed E-state index contributed by atoms with van der Waals surface area (Å²) < 4.78 is 6.97. The maximum absolute atomic E-state index is 13.1. The summed E-state index contributed by atoms with van der Waals surface area (Å²) in [5.41, 5.74) is 1.16. The van der Waals surface area contributed by atoms with Crippen molar-refractivity contribution in [2.24, 2.45) is 5.41 Å². The number of carbonyl (C=O) groups excluding carboxylic acids is 1. The number of fused-ring (bicyclic) bond motifs is 1. The van der Waals surface area contributed by atoms with E-state index in [1.165, 1.54) is 12.4 Å². The molecule has 0 spiro atoms. The Morgan fingerprint density at radius 3 is 2.70 bits per heavy atom. The number of nitrogens with zero attached hydrogens (tertiary/aromatic N) is 5. The molecular weight excluding hydrogens is 382 g/mol. The van der Waals surface area contributed by atoms with Crippen molar-refractivity contribution in [1.29, 1.82) is 0 Å². The molecule has 0 aliphatic carbocycles. The van der Waals surface area contributed by atoms with Gasteiger partial charge in [0.2, 0.25) is 5.95 Å². The van der Waals surface area contributed by atoms with E-state index < -0.39 is 0 Å². The molecule has 8 nitrogen and oxygen atoms in total. The molecule has 30 heavy (non-hydrogen) atoms. The molecule has 0 saturated carbocycles. The summed E-state index contributed by atoms with van der Waals surface area (Å²) in [7, 11) is 1.54. The SMILES string of the molecule is COc1ccccc1C(=O)CN1CC(C)(C)Cn2c1nc(-c1ccncn1)cc2=O. The normalized spacial score (nSPS) is 14.8. The molecule has 4 rings (SSSR count). The predicted octanol–water partition coefficient (Wildman–Crippen LogP) is 2.44. The van der Waals surface area contributed by atoms with Gasteiger partial charge < -0.3 is 9.64 Å². The second-order valence-electron chi connectivity index (χ2n) is 8.10. The molecule has 1 aromatic carbocycles. The standard InChI is InChI=1S/C22H23N5O3/c1-22(2)12-26(11-18(28)15-6-4-5-7-19(15)30-3)21-25-17(10-20(29)27(21)13-22)16-8-9-23-14-24-16/h4-10,14H,11-13H2,1-3H3. The van der Waals surface area contributed by atoms with E-state index in [1.54, 1.807) is 42.1 Å². The van der Waals surface area contributed by atoms with Gasteiger partial charge in [-0.1, -0.05) is 26.0 Å². The molecule has 2 aromatic heterocycles. The lowest BCUT2D eigenvalue weighted by molar-refractivity contribution is 0.0990. The average molecular weight is 405 g/mol. The minimum atomic E-state index is -0.198. The van der Waals surface area contributed by atoms with E-state index in [0.29, 0.717) is 41.7 Å². The molecule has 3 aromatic rings. The fraction of sp³-hybridized carbons (Fsp3) is 0.318. The van der Waals surface area contributed by atoms with Crippen LogP contribution in [-0.2, 0) is 6.54 Å². The second-order valence-corrected chi connectivity index (χ2v) is 8.10. The molecule has 154 valence electrons. The van der Waals surface area contributed by atoms with Crippen LogP contribution in [0.3, 0.4) is 0 Å². The van der Waals surface area contributed by atoms with Crippen LogP contribution in [0.5, 0.6) is 5.75 Å². The summed E-state index contributed by atoms with van der Waals surface area (Å²) in [5, 5.41) is 0. The number of ether oxygens (including phenoxy) is 1.